The normalized spacial score (nSPS) is 12.0. The maximum absolute atomic E-state index is 12.9. The summed E-state index contributed by atoms with van der Waals surface area (Å²) >= 11 is 0. The van der Waals surface area contributed by atoms with E-state index in [1.165, 1.54) is 24.3 Å². The molecule has 0 radical (unpaired) electrons. The molecule has 176 valence electrons. The number of nitrogen functional groups attached to an aromatic ring is 1. The molecule has 0 amide bonds. The van der Waals surface area contributed by atoms with Gasteiger partial charge >= 0.3 is 0 Å². The van der Waals surface area contributed by atoms with Gasteiger partial charge < -0.3 is 20.5 Å². The van der Waals surface area contributed by atoms with Crippen LogP contribution in [0.25, 0.3) is 11.1 Å². The summed E-state index contributed by atoms with van der Waals surface area (Å²) in [6.07, 6.45) is 0. The van der Waals surface area contributed by atoms with Crippen LogP contribution in [0.1, 0.15) is 30.7 Å². The Morgan fingerprint density at radius 1 is 0.912 bits per heavy atom. The van der Waals surface area contributed by atoms with Crippen LogP contribution in [0.15, 0.2) is 76.1 Å². The molecule has 4 rings (SSSR count). The van der Waals surface area contributed by atoms with Crippen LogP contribution in [0.4, 0.5) is 11.5 Å². The molecule has 0 aliphatic heterocycles. The molecule has 0 bridgehead atoms. The summed E-state index contributed by atoms with van der Waals surface area (Å²) in [7, 11) is -3.98. The van der Waals surface area contributed by atoms with E-state index in [1.54, 1.807) is 37.3 Å². The summed E-state index contributed by atoms with van der Waals surface area (Å²) in [5.41, 5.74) is 8.64. The van der Waals surface area contributed by atoms with E-state index in [2.05, 4.69) is 9.88 Å². The highest BCUT2D eigenvalue weighted by Gasteiger charge is 2.25. The Balaban J connectivity index is 1.77. The number of sulfonamides is 1. The SMILES string of the molecule is Cc1cc(NS(=O)(=O)c2ccc(N)c(-c3cc(C(C)(C)c4ccc(O)cc4)ccc3O)c2)no1. The lowest BCUT2D eigenvalue weighted by Crippen LogP contribution is -2.18. The quantitative estimate of drug-likeness (QED) is 0.292. The number of phenols is 2. The molecule has 4 aromatic rings. The first-order valence-corrected chi connectivity index (χ1v) is 11.9. The lowest BCUT2D eigenvalue weighted by Gasteiger charge is -2.27. The Hall–Kier alpha value is -3.98. The van der Waals surface area contributed by atoms with Crippen molar-refractivity contribution in [1.29, 1.82) is 0 Å². The molecule has 0 unspecified atom stereocenters. The zero-order valence-corrected chi connectivity index (χ0v) is 19.7. The summed E-state index contributed by atoms with van der Waals surface area (Å²) < 4.78 is 33.1. The van der Waals surface area contributed by atoms with Crippen molar-refractivity contribution in [3.05, 3.63) is 83.6 Å². The Labute approximate surface area is 197 Å². The highest BCUT2D eigenvalue weighted by molar-refractivity contribution is 7.92. The van der Waals surface area contributed by atoms with Gasteiger partial charge in [-0.3, -0.25) is 4.72 Å². The van der Waals surface area contributed by atoms with E-state index in [9.17, 15) is 18.6 Å². The van der Waals surface area contributed by atoms with Crippen LogP contribution < -0.4 is 10.5 Å². The molecule has 0 fully saturated rings. The molecule has 1 heterocycles. The zero-order chi connectivity index (χ0) is 24.7. The van der Waals surface area contributed by atoms with E-state index in [4.69, 9.17) is 10.3 Å². The molecule has 8 nitrogen and oxygen atoms in total. The molecule has 0 aliphatic carbocycles. The van der Waals surface area contributed by atoms with Crippen molar-refractivity contribution in [3.63, 3.8) is 0 Å². The molecule has 0 saturated carbocycles. The van der Waals surface area contributed by atoms with Gasteiger partial charge in [0, 0.05) is 28.3 Å². The smallest absolute Gasteiger partial charge is 0.263 e. The minimum atomic E-state index is -3.98. The van der Waals surface area contributed by atoms with E-state index < -0.39 is 15.4 Å². The van der Waals surface area contributed by atoms with Gasteiger partial charge in [-0.05, 0) is 60.5 Å². The van der Waals surface area contributed by atoms with Crippen molar-refractivity contribution in [2.75, 3.05) is 10.5 Å². The predicted molar refractivity (Wildman–Crippen MR) is 130 cm³/mol. The summed E-state index contributed by atoms with van der Waals surface area (Å²) in [5.74, 6) is 0.669. The van der Waals surface area contributed by atoms with Gasteiger partial charge in [-0.15, -0.1) is 0 Å². The first-order valence-electron chi connectivity index (χ1n) is 10.5. The molecule has 1 aromatic heterocycles. The Morgan fingerprint density at radius 3 is 2.24 bits per heavy atom. The van der Waals surface area contributed by atoms with E-state index in [0.29, 0.717) is 22.6 Å². The number of phenolic OH excluding ortho intramolecular Hbond substituents is 2. The zero-order valence-electron chi connectivity index (χ0n) is 18.9. The third kappa shape index (κ3) is 4.42. The third-order valence-electron chi connectivity index (χ3n) is 5.80. The molecule has 9 heteroatoms. The lowest BCUT2D eigenvalue weighted by molar-refractivity contribution is 0.400. The van der Waals surface area contributed by atoms with Gasteiger partial charge in [0.25, 0.3) is 10.0 Å². The second kappa shape index (κ2) is 8.42. The highest BCUT2D eigenvalue weighted by atomic mass is 32.2. The molecule has 0 saturated heterocycles. The van der Waals surface area contributed by atoms with Crippen LogP contribution in [-0.2, 0) is 15.4 Å². The van der Waals surface area contributed by atoms with Gasteiger partial charge in [0.15, 0.2) is 5.82 Å². The van der Waals surface area contributed by atoms with Crippen molar-refractivity contribution in [3.8, 4) is 22.6 Å². The average Bonchev–Trinajstić information content (AvgIpc) is 3.18. The number of rotatable bonds is 6. The Morgan fingerprint density at radius 2 is 1.59 bits per heavy atom. The van der Waals surface area contributed by atoms with E-state index in [1.807, 2.05) is 26.0 Å². The Kier molecular flexibility index (Phi) is 5.74. The van der Waals surface area contributed by atoms with Crippen LogP contribution in [0.3, 0.4) is 0 Å². The van der Waals surface area contributed by atoms with Crippen LogP contribution in [0.2, 0.25) is 0 Å². The maximum Gasteiger partial charge on any atom is 0.263 e. The van der Waals surface area contributed by atoms with Gasteiger partial charge in [0.2, 0.25) is 0 Å². The topological polar surface area (TPSA) is 139 Å². The fraction of sp³-hybridized carbons (Fsp3) is 0.160. The van der Waals surface area contributed by atoms with Crippen molar-refractivity contribution >= 4 is 21.5 Å². The number of hydrogen-bond donors (Lipinski definition) is 4. The van der Waals surface area contributed by atoms with Crippen molar-refractivity contribution in [2.24, 2.45) is 0 Å². The predicted octanol–water partition coefficient (Wildman–Crippen LogP) is 4.77. The van der Waals surface area contributed by atoms with E-state index in [-0.39, 0.29) is 22.2 Å². The molecule has 3 aromatic carbocycles. The third-order valence-corrected chi connectivity index (χ3v) is 7.15. The Bertz CT molecular complexity index is 1460. The number of aromatic nitrogens is 1. The van der Waals surface area contributed by atoms with E-state index in [0.717, 1.165) is 11.1 Å². The monoisotopic (exact) mass is 479 g/mol. The fourth-order valence-corrected chi connectivity index (χ4v) is 4.74. The first-order chi connectivity index (χ1) is 16.0. The minimum Gasteiger partial charge on any atom is -0.508 e. The molecule has 5 N–H and O–H groups in total. The van der Waals surface area contributed by atoms with Crippen LogP contribution in [0.5, 0.6) is 11.5 Å². The van der Waals surface area contributed by atoms with Crippen LogP contribution in [-0.4, -0.2) is 23.8 Å². The number of aromatic hydroxyl groups is 2. The number of nitrogens with two attached hydrogens (primary N) is 1. The average molecular weight is 480 g/mol. The molecular weight excluding hydrogens is 454 g/mol. The fourth-order valence-electron chi connectivity index (χ4n) is 3.73. The molecule has 0 aliphatic rings. The molecule has 34 heavy (non-hydrogen) atoms. The number of hydrogen-bond acceptors (Lipinski definition) is 7. The highest BCUT2D eigenvalue weighted by Crippen LogP contribution is 2.40. The second-order valence-corrected chi connectivity index (χ2v) is 10.3. The summed E-state index contributed by atoms with van der Waals surface area (Å²) in [6, 6.07) is 17.8. The van der Waals surface area contributed by atoms with Gasteiger partial charge in [-0.2, -0.15) is 0 Å². The van der Waals surface area contributed by atoms with Gasteiger partial charge in [0.1, 0.15) is 17.3 Å². The maximum atomic E-state index is 12.9. The minimum absolute atomic E-state index is 0.0356. The van der Waals surface area contributed by atoms with Gasteiger partial charge in [0.05, 0.1) is 4.90 Å². The van der Waals surface area contributed by atoms with E-state index >= 15 is 0 Å². The van der Waals surface area contributed by atoms with Gasteiger partial charge in [-0.1, -0.05) is 37.2 Å². The molecule has 0 atom stereocenters. The van der Waals surface area contributed by atoms with Gasteiger partial charge in [-0.25, -0.2) is 8.42 Å². The summed E-state index contributed by atoms with van der Waals surface area (Å²) in [6.45, 7) is 5.69. The van der Waals surface area contributed by atoms with Crippen molar-refractivity contribution in [1.82, 2.24) is 5.16 Å². The van der Waals surface area contributed by atoms with Crippen molar-refractivity contribution < 1.29 is 23.2 Å². The number of benzene rings is 3. The number of anilines is 2. The van der Waals surface area contributed by atoms with Crippen molar-refractivity contribution in [2.45, 2.75) is 31.1 Å². The number of aryl methyl sites for hydroxylation is 1. The molecular formula is C25H25N3O5S. The molecule has 0 spiro atoms. The largest absolute Gasteiger partial charge is 0.508 e. The lowest BCUT2D eigenvalue weighted by atomic mass is 9.77. The number of nitrogens with zero attached hydrogens (tertiary/aromatic N) is 1. The first kappa shape index (κ1) is 23.2. The second-order valence-electron chi connectivity index (χ2n) is 8.58. The number of nitrogens with one attached hydrogen (secondary N) is 1. The van der Waals surface area contributed by atoms with Crippen LogP contribution in [0, 0.1) is 6.92 Å². The summed E-state index contributed by atoms with van der Waals surface area (Å²) in [5, 5.41) is 23.9. The van der Waals surface area contributed by atoms with Crippen LogP contribution >= 0.6 is 0 Å². The standard InChI is InChI=1S/C25H25N3O5S/c1-15-12-24(27-33-15)28-34(31,32)19-9-10-22(26)20(14-19)21-13-17(6-11-23(21)30)25(2,3)16-4-7-18(29)8-5-16/h4-14,29-30H,26H2,1-3H3,(H,27,28). The summed E-state index contributed by atoms with van der Waals surface area (Å²) in [4.78, 5) is -0.0417.